The number of nitrogens with two attached hydrogens (primary N) is 2. The molecule has 10 nitrogen and oxygen atoms in total. The number of nitrogens with one attached hydrogen (secondary N) is 2. The van der Waals surface area contributed by atoms with Gasteiger partial charge in [-0.2, -0.15) is 0 Å². The third-order valence-electron chi connectivity index (χ3n) is 3.93. The van der Waals surface area contributed by atoms with E-state index in [4.69, 9.17) is 20.6 Å². The summed E-state index contributed by atoms with van der Waals surface area (Å²) in [5.41, 5.74) is 10.7. The maximum Gasteiger partial charge on any atom is 0.328 e. The third kappa shape index (κ3) is 5.73. The van der Waals surface area contributed by atoms with E-state index in [9.17, 15) is 9.59 Å². The SMILES string of the molecule is CCOC(=O)C(CCCN=C(N)N)NC(=O)c1coc(C2CCCN2)n1. The van der Waals surface area contributed by atoms with Gasteiger partial charge in [0.1, 0.15) is 12.3 Å². The van der Waals surface area contributed by atoms with Crippen LogP contribution in [0.5, 0.6) is 0 Å². The minimum absolute atomic E-state index is 0.0163. The Balaban J connectivity index is 1.95. The number of aromatic nitrogens is 1. The maximum atomic E-state index is 12.4. The van der Waals surface area contributed by atoms with E-state index in [1.165, 1.54) is 6.26 Å². The standard InChI is InChI=1S/C16H26N6O4/c1-2-25-15(24)11(6-4-8-20-16(17)18)21-13(23)12-9-26-14(22-12)10-5-3-7-19-10/h9-11,19H,2-8H2,1H3,(H,21,23)(H4,17,18,20). The van der Waals surface area contributed by atoms with E-state index in [0.29, 0.717) is 25.3 Å². The Morgan fingerprint density at radius 3 is 3.00 bits per heavy atom. The number of hydrogen-bond acceptors (Lipinski definition) is 7. The first-order valence-corrected chi connectivity index (χ1v) is 8.73. The number of guanidine groups is 1. The van der Waals surface area contributed by atoms with Crippen LogP contribution in [0.3, 0.4) is 0 Å². The fourth-order valence-corrected chi connectivity index (χ4v) is 2.67. The molecule has 2 unspecified atom stereocenters. The van der Waals surface area contributed by atoms with Gasteiger partial charge < -0.3 is 31.3 Å². The fraction of sp³-hybridized carbons (Fsp3) is 0.625. The largest absolute Gasteiger partial charge is 0.464 e. The summed E-state index contributed by atoms with van der Waals surface area (Å²) in [6, 6.07) is -0.779. The zero-order valence-corrected chi connectivity index (χ0v) is 14.9. The number of hydrogen-bond donors (Lipinski definition) is 4. The highest BCUT2D eigenvalue weighted by Crippen LogP contribution is 2.22. The molecule has 0 aromatic carbocycles. The Morgan fingerprint density at radius 2 is 2.35 bits per heavy atom. The summed E-state index contributed by atoms with van der Waals surface area (Å²) in [7, 11) is 0. The molecule has 1 aliphatic rings. The lowest BCUT2D eigenvalue weighted by atomic mass is 10.1. The molecule has 10 heteroatoms. The van der Waals surface area contributed by atoms with Crippen molar-refractivity contribution in [3.63, 3.8) is 0 Å². The number of esters is 1. The lowest BCUT2D eigenvalue weighted by Gasteiger charge is -2.16. The molecular weight excluding hydrogens is 340 g/mol. The molecule has 26 heavy (non-hydrogen) atoms. The van der Waals surface area contributed by atoms with Crippen LogP contribution in [-0.2, 0) is 9.53 Å². The molecular formula is C16H26N6O4. The number of aliphatic imine (C=N–C) groups is 1. The Labute approximate surface area is 151 Å². The molecule has 144 valence electrons. The minimum Gasteiger partial charge on any atom is -0.464 e. The van der Waals surface area contributed by atoms with Gasteiger partial charge in [0.2, 0.25) is 5.89 Å². The van der Waals surface area contributed by atoms with E-state index in [-0.39, 0.29) is 24.3 Å². The first kappa shape index (κ1) is 19.7. The molecule has 2 atom stereocenters. The average Bonchev–Trinajstić information content (AvgIpc) is 3.28. The number of ether oxygens (including phenoxy) is 1. The van der Waals surface area contributed by atoms with E-state index in [2.05, 4.69) is 20.6 Å². The monoisotopic (exact) mass is 366 g/mol. The summed E-state index contributed by atoms with van der Waals surface area (Å²) in [4.78, 5) is 32.6. The molecule has 0 bridgehead atoms. The van der Waals surface area contributed by atoms with Gasteiger partial charge in [-0.15, -0.1) is 0 Å². The number of amides is 1. The van der Waals surface area contributed by atoms with Gasteiger partial charge in [-0.1, -0.05) is 0 Å². The molecule has 1 fully saturated rings. The second kappa shape index (κ2) is 9.76. The molecule has 0 aliphatic carbocycles. The fourth-order valence-electron chi connectivity index (χ4n) is 2.67. The zero-order valence-electron chi connectivity index (χ0n) is 14.9. The number of oxazole rings is 1. The van der Waals surface area contributed by atoms with Crippen LogP contribution in [-0.4, -0.2) is 48.6 Å². The van der Waals surface area contributed by atoms with E-state index >= 15 is 0 Å². The van der Waals surface area contributed by atoms with Gasteiger partial charge >= 0.3 is 5.97 Å². The summed E-state index contributed by atoms with van der Waals surface area (Å²) in [5, 5.41) is 5.89. The first-order chi connectivity index (χ1) is 12.5. The molecule has 0 radical (unpaired) electrons. The lowest BCUT2D eigenvalue weighted by Crippen LogP contribution is -2.42. The molecule has 2 rings (SSSR count). The molecule has 6 N–H and O–H groups in total. The molecule has 1 amide bonds. The number of carbonyl (C=O) groups excluding carboxylic acids is 2. The van der Waals surface area contributed by atoms with Gasteiger partial charge in [-0.05, 0) is 39.2 Å². The molecule has 2 heterocycles. The van der Waals surface area contributed by atoms with Gasteiger partial charge in [-0.25, -0.2) is 9.78 Å². The predicted octanol–water partition coefficient (Wildman–Crippen LogP) is -0.186. The first-order valence-electron chi connectivity index (χ1n) is 8.73. The summed E-state index contributed by atoms with van der Waals surface area (Å²) < 4.78 is 10.4. The molecule has 1 aromatic rings. The average molecular weight is 366 g/mol. The number of nitrogens with zero attached hydrogens (tertiary/aromatic N) is 2. The normalized spacial score (nSPS) is 17.5. The van der Waals surface area contributed by atoms with Crippen molar-refractivity contribution in [3.8, 4) is 0 Å². The third-order valence-corrected chi connectivity index (χ3v) is 3.93. The van der Waals surface area contributed by atoms with Crippen molar-refractivity contribution in [2.24, 2.45) is 16.5 Å². The number of rotatable bonds is 9. The van der Waals surface area contributed by atoms with Gasteiger partial charge in [0.25, 0.3) is 5.91 Å². The minimum atomic E-state index is -0.804. The summed E-state index contributed by atoms with van der Waals surface area (Å²) in [6.07, 6.45) is 4.10. The Bertz CT molecular complexity index is 634. The molecule has 1 saturated heterocycles. The molecule has 1 aromatic heterocycles. The smallest absolute Gasteiger partial charge is 0.328 e. The van der Waals surface area contributed by atoms with Gasteiger partial charge in [-0.3, -0.25) is 9.79 Å². The highest BCUT2D eigenvalue weighted by atomic mass is 16.5. The van der Waals surface area contributed by atoms with Gasteiger partial charge in [0.05, 0.1) is 12.6 Å². The Hall–Kier alpha value is -2.62. The number of carbonyl (C=O) groups is 2. The molecule has 0 saturated carbocycles. The summed E-state index contributed by atoms with van der Waals surface area (Å²) >= 11 is 0. The predicted molar refractivity (Wildman–Crippen MR) is 94.3 cm³/mol. The van der Waals surface area contributed by atoms with Crippen molar-refractivity contribution in [2.75, 3.05) is 19.7 Å². The molecule has 1 aliphatic heterocycles. The van der Waals surface area contributed by atoms with E-state index in [0.717, 1.165) is 19.4 Å². The Kier molecular flexibility index (Phi) is 7.39. The van der Waals surface area contributed by atoms with Crippen LogP contribution in [0.4, 0.5) is 0 Å². The quantitative estimate of drug-likeness (QED) is 0.203. The maximum absolute atomic E-state index is 12.4. The van der Waals surface area contributed by atoms with Crippen molar-refractivity contribution in [3.05, 3.63) is 17.8 Å². The van der Waals surface area contributed by atoms with Crippen molar-refractivity contribution in [1.82, 2.24) is 15.6 Å². The van der Waals surface area contributed by atoms with Gasteiger partial charge in [0, 0.05) is 6.54 Å². The second-order valence-electron chi connectivity index (χ2n) is 5.95. The zero-order chi connectivity index (χ0) is 18.9. The van der Waals surface area contributed by atoms with E-state index < -0.39 is 17.9 Å². The van der Waals surface area contributed by atoms with Gasteiger partial charge in [0.15, 0.2) is 11.7 Å². The van der Waals surface area contributed by atoms with Crippen LogP contribution in [0.15, 0.2) is 15.7 Å². The van der Waals surface area contributed by atoms with Crippen LogP contribution in [0, 0.1) is 0 Å². The molecule has 0 spiro atoms. The van der Waals surface area contributed by atoms with Crippen molar-refractivity contribution in [2.45, 2.75) is 44.7 Å². The van der Waals surface area contributed by atoms with Crippen molar-refractivity contribution >= 4 is 17.8 Å². The Morgan fingerprint density at radius 1 is 1.54 bits per heavy atom. The van der Waals surface area contributed by atoms with Crippen LogP contribution < -0.4 is 22.1 Å². The van der Waals surface area contributed by atoms with E-state index in [1.807, 2.05) is 0 Å². The van der Waals surface area contributed by atoms with Crippen LogP contribution in [0.2, 0.25) is 0 Å². The van der Waals surface area contributed by atoms with Crippen LogP contribution in [0.25, 0.3) is 0 Å². The second-order valence-corrected chi connectivity index (χ2v) is 5.95. The summed E-state index contributed by atoms with van der Waals surface area (Å²) in [6.45, 7) is 3.18. The van der Waals surface area contributed by atoms with E-state index in [1.54, 1.807) is 6.92 Å². The van der Waals surface area contributed by atoms with Crippen LogP contribution in [0.1, 0.15) is 55.0 Å². The topological polar surface area (TPSA) is 158 Å². The highest BCUT2D eigenvalue weighted by molar-refractivity contribution is 5.94. The van der Waals surface area contributed by atoms with Crippen molar-refractivity contribution in [1.29, 1.82) is 0 Å². The van der Waals surface area contributed by atoms with Crippen molar-refractivity contribution < 1.29 is 18.7 Å². The highest BCUT2D eigenvalue weighted by Gasteiger charge is 2.26. The summed E-state index contributed by atoms with van der Waals surface area (Å²) in [5.74, 6) is -0.532. The van der Waals surface area contributed by atoms with Crippen LogP contribution >= 0.6 is 0 Å². The lowest BCUT2D eigenvalue weighted by molar-refractivity contribution is -0.145.